The highest BCUT2D eigenvalue weighted by Gasteiger charge is 2.05. The Morgan fingerprint density at radius 3 is 2.68 bits per heavy atom. The van der Waals surface area contributed by atoms with Gasteiger partial charge in [-0.25, -0.2) is 4.98 Å². The number of aromatic nitrogens is 1. The van der Waals surface area contributed by atoms with Crippen molar-refractivity contribution < 1.29 is 9.66 Å². The van der Waals surface area contributed by atoms with E-state index < -0.39 is 4.92 Å². The normalized spacial score (nSPS) is 9.95. The van der Waals surface area contributed by atoms with E-state index in [-0.39, 0.29) is 5.69 Å². The fourth-order valence-electron chi connectivity index (χ4n) is 1.62. The topological polar surface area (TPSA) is 77.3 Å². The number of hydrogen-bond donors (Lipinski definition) is 1. The van der Waals surface area contributed by atoms with Crippen LogP contribution in [0.15, 0.2) is 42.6 Å². The number of rotatable bonds is 5. The van der Waals surface area contributed by atoms with Gasteiger partial charge in [-0.3, -0.25) is 10.1 Å². The molecule has 0 bridgehead atoms. The van der Waals surface area contributed by atoms with Gasteiger partial charge in [-0.15, -0.1) is 0 Å². The maximum atomic E-state index is 10.5. The molecule has 19 heavy (non-hydrogen) atoms. The number of hydrogen-bond acceptors (Lipinski definition) is 5. The predicted molar refractivity (Wildman–Crippen MR) is 71.2 cm³/mol. The number of nitrogens with zero attached hydrogens (tertiary/aromatic N) is 2. The number of nitrogens with one attached hydrogen (secondary N) is 1. The minimum atomic E-state index is -0.415. The Kier molecular flexibility index (Phi) is 3.92. The van der Waals surface area contributed by atoms with Gasteiger partial charge in [-0.2, -0.15) is 0 Å². The fourth-order valence-corrected chi connectivity index (χ4v) is 1.62. The van der Waals surface area contributed by atoms with E-state index >= 15 is 0 Å². The van der Waals surface area contributed by atoms with Gasteiger partial charge in [0.1, 0.15) is 0 Å². The Bertz CT molecular complexity index is 570. The van der Waals surface area contributed by atoms with Crippen LogP contribution in [-0.2, 0) is 6.54 Å². The molecule has 0 saturated carbocycles. The third-order valence-electron chi connectivity index (χ3n) is 2.59. The summed E-state index contributed by atoms with van der Waals surface area (Å²) < 4.78 is 5.12. The molecule has 0 spiro atoms. The molecule has 1 N–H and O–H groups in total. The van der Waals surface area contributed by atoms with Crippen molar-refractivity contribution in [1.82, 2.24) is 4.98 Å². The van der Waals surface area contributed by atoms with Crippen LogP contribution in [0, 0.1) is 10.1 Å². The Balaban J connectivity index is 2.04. The van der Waals surface area contributed by atoms with Crippen LogP contribution in [0.1, 0.15) is 5.56 Å². The smallest absolute Gasteiger partial charge is 0.269 e. The number of methoxy groups -OCH3 is 1. The van der Waals surface area contributed by atoms with E-state index in [1.807, 2.05) is 6.07 Å². The van der Waals surface area contributed by atoms with Gasteiger partial charge in [-0.1, -0.05) is 12.1 Å². The summed E-state index contributed by atoms with van der Waals surface area (Å²) in [5.41, 5.74) is 1.81. The van der Waals surface area contributed by atoms with Gasteiger partial charge < -0.3 is 10.1 Å². The Morgan fingerprint density at radius 2 is 2.05 bits per heavy atom. The average molecular weight is 259 g/mol. The number of benzene rings is 1. The lowest BCUT2D eigenvalue weighted by molar-refractivity contribution is -0.384. The number of ether oxygens (including phenoxy) is 1. The molecule has 0 aliphatic heterocycles. The van der Waals surface area contributed by atoms with Gasteiger partial charge in [0.2, 0.25) is 5.88 Å². The van der Waals surface area contributed by atoms with Gasteiger partial charge in [0, 0.05) is 24.9 Å². The highest BCUT2D eigenvalue weighted by Crippen LogP contribution is 2.21. The molecule has 0 amide bonds. The standard InChI is InChI=1S/C13H13N3O3/c1-19-13-12(3-2-8-14-13)15-9-10-4-6-11(7-5-10)16(17)18/h2-8,15H,9H2,1H3. The molecule has 2 rings (SSSR count). The monoisotopic (exact) mass is 259 g/mol. The molecule has 1 aromatic carbocycles. The van der Waals surface area contributed by atoms with Gasteiger partial charge >= 0.3 is 0 Å². The van der Waals surface area contributed by atoms with E-state index in [0.29, 0.717) is 12.4 Å². The van der Waals surface area contributed by atoms with Crippen LogP contribution in [0.4, 0.5) is 11.4 Å². The molecular formula is C13H13N3O3. The van der Waals surface area contributed by atoms with Crippen molar-refractivity contribution in [3.05, 3.63) is 58.3 Å². The van der Waals surface area contributed by atoms with E-state index in [1.54, 1.807) is 31.5 Å². The third-order valence-corrected chi connectivity index (χ3v) is 2.59. The quantitative estimate of drug-likeness (QED) is 0.659. The van der Waals surface area contributed by atoms with Crippen LogP contribution in [-0.4, -0.2) is 17.0 Å². The Morgan fingerprint density at radius 1 is 1.32 bits per heavy atom. The van der Waals surface area contributed by atoms with Crippen LogP contribution < -0.4 is 10.1 Å². The molecule has 0 atom stereocenters. The first kappa shape index (κ1) is 12.8. The molecule has 0 saturated heterocycles. The zero-order valence-electron chi connectivity index (χ0n) is 10.4. The first-order chi connectivity index (χ1) is 9.20. The number of nitro groups is 1. The van der Waals surface area contributed by atoms with Crippen molar-refractivity contribution >= 4 is 11.4 Å². The van der Waals surface area contributed by atoms with Crippen molar-refractivity contribution in [2.75, 3.05) is 12.4 Å². The summed E-state index contributed by atoms with van der Waals surface area (Å²) in [5.74, 6) is 0.518. The first-order valence-electron chi connectivity index (χ1n) is 5.67. The van der Waals surface area contributed by atoms with Crippen LogP contribution in [0.5, 0.6) is 5.88 Å². The Hall–Kier alpha value is -2.63. The molecule has 98 valence electrons. The van der Waals surface area contributed by atoms with Gasteiger partial charge in [0.15, 0.2) is 0 Å². The highest BCUT2D eigenvalue weighted by atomic mass is 16.6. The van der Waals surface area contributed by atoms with E-state index in [9.17, 15) is 10.1 Å². The lowest BCUT2D eigenvalue weighted by Gasteiger charge is -2.09. The van der Waals surface area contributed by atoms with E-state index in [4.69, 9.17) is 4.74 Å². The molecule has 0 fully saturated rings. The lowest BCUT2D eigenvalue weighted by Crippen LogP contribution is -2.02. The summed E-state index contributed by atoms with van der Waals surface area (Å²) in [5, 5.41) is 13.7. The van der Waals surface area contributed by atoms with Crippen molar-refractivity contribution in [2.45, 2.75) is 6.54 Å². The minimum absolute atomic E-state index is 0.0858. The van der Waals surface area contributed by atoms with Crippen LogP contribution in [0.25, 0.3) is 0 Å². The van der Waals surface area contributed by atoms with Gasteiger partial charge in [-0.05, 0) is 17.7 Å². The molecule has 6 nitrogen and oxygen atoms in total. The van der Waals surface area contributed by atoms with Crippen molar-refractivity contribution in [1.29, 1.82) is 0 Å². The second kappa shape index (κ2) is 5.81. The highest BCUT2D eigenvalue weighted by molar-refractivity contribution is 5.52. The number of pyridine rings is 1. The second-order valence-corrected chi connectivity index (χ2v) is 3.84. The SMILES string of the molecule is COc1ncccc1NCc1ccc([N+](=O)[O-])cc1. The van der Waals surface area contributed by atoms with E-state index in [2.05, 4.69) is 10.3 Å². The van der Waals surface area contributed by atoms with Crippen LogP contribution in [0.2, 0.25) is 0 Å². The molecule has 0 unspecified atom stereocenters. The summed E-state index contributed by atoms with van der Waals surface area (Å²) in [6.07, 6.45) is 1.65. The minimum Gasteiger partial charge on any atom is -0.480 e. The third kappa shape index (κ3) is 3.19. The second-order valence-electron chi connectivity index (χ2n) is 3.84. The molecule has 1 heterocycles. The van der Waals surface area contributed by atoms with E-state index in [0.717, 1.165) is 11.3 Å². The lowest BCUT2D eigenvalue weighted by atomic mass is 10.2. The summed E-state index contributed by atoms with van der Waals surface area (Å²) >= 11 is 0. The van der Waals surface area contributed by atoms with Crippen molar-refractivity contribution in [3.63, 3.8) is 0 Å². The van der Waals surface area contributed by atoms with Gasteiger partial charge in [0.05, 0.1) is 17.7 Å². The molecule has 0 radical (unpaired) electrons. The summed E-state index contributed by atoms with van der Waals surface area (Å²) in [6.45, 7) is 0.542. The van der Waals surface area contributed by atoms with Crippen LogP contribution in [0.3, 0.4) is 0 Å². The van der Waals surface area contributed by atoms with Crippen molar-refractivity contribution in [2.24, 2.45) is 0 Å². The number of non-ortho nitro benzene ring substituents is 1. The molecular weight excluding hydrogens is 246 g/mol. The van der Waals surface area contributed by atoms with Crippen LogP contribution >= 0.6 is 0 Å². The molecule has 0 aliphatic rings. The fraction of sp³-hybridized carbons (Fsp3) is 0.154. The number of anilines is 1. The maximum absolute atomic E-state index is 10.5. The van der Waals surface area contributed by atoms with Gasteiger partial charge in [0.25, 0.3) is 5.69 Å². The largest absolute Gasteiger partial charge is 0.480 e. The zero-order chi connectivity index (χ0) is 13.7. The molecule has 0 aliphatic carbocycles. The first-order valence-corrected chi connectivity index (χ1v) is 5.67. The zero-order valence-corrected chi connectivity index (χ0v) is 10.4. The van der Waals surface area contributed by atoms with E-state index in [1.165, 1.54) is 12.1 Å². The van der Waals surface area contributed by atoms with Crippen molar-refractivity contribution in [3.8, 4) is 5.88 Å². The summed E-state index contributed by atoms with van der Waals surface area (Å²) in [4.78, 5) is 14.2. The average Bonchev–Trinajstić information content (AvgIpc) is 2.45. The summed E-state index contributed by atoms with van der Waals surface area (Å²) in [6, 6.07) is 10.1. The summed E-state index contributed by atoms with van der Waals surface area (Å²) in [7, 11) is 1.55. The molecule has 6 heteroatoms. The molecule has 1 aromatic heterocycles. The molecule has 2 aromatic rings. The Labute approximate surface area is 110 Å². The number of nitro benzene ring substituents is 1. The maximum Gasteiger partial charge on any atom is 0.269 e. The predicted octanol–water partition coefficient (Wildman–Crippen LogP) is 2.61.